The normalized spacial score (nSPS) is 9.38. The predicted octanol–water partition coefficient (Wildman–Crippen LogP) is 2.08. The number of ether oxygens (including phenoxy) is 1. The Balaban J connectivity index is 2.98. The van der Waals surface area contributed by atoms with Crippen molar-refractivity contribution in [3.8, 4) is 5.75 Å². The number of benzene rings is 1. The van der Waals surface area contributed by atoms with Gasteiger partial charge in [-0.15, -0.1) is 0 Å². The Morgan fingerprint density at radius 3 is 2.69 bits per heavy atom. The molecular formula is C9H7ClO3. The fourth-order valence-electron chi connectivity index (χ4n) is 0.828. The van der Waals surface area contributed by atoms with Gasteiger partial charge >= 0.3 is 5.97 Å². The van der Waals surface area contributed by atoms with Crippen LogP contribution in [0, 0.1) is 0 Å². The summed E-state index contributed by atoms with van der Waals surface area (Å²) in [7, 11) is 0. The molecule has 0 saturated carbocycles. The monoisotopic (exact) mass is 198 g/mol. The van der Waals surface area contributed by atoms with Crippen LogP contribution in [0.15, 0.2) is 18.2 Å². The first kappa shape index (κ1) is 9.74. The zero-order valence-corrected chi connectivity index (χ0v) is 7.67. The number of esters is 1. The Morgan fingerprint density at radius 2 is 2.23 bits per heavy atom. The molecule has 1 rings (SSSR count). The molecule has 4 heteroatoms. The average molecular weight is 199 g/mol. The van der Waals surface area contributed by atoms with Gasteiger partial charge in [-0.05, 0) is 18.2 Å². The minimum Gasteiger partial charge on any atom is -0.425 e. The molecule has 68 valence electrons. The maximum Gasteiger partial charge on any atom is 0.308 e. The third-order valence-electron chi connectivity index (χ3n) is 1.35. The fourth-order valence-corrected chi connectivity index (χ4v) is 1.06. The number of hydrogen-bond acceptors (Lipinski definition) is 3. The summed E-state index contributed by atoms with van der Waals surface area (Å²) in [4.78, 5) is 20.9. The van der Waals surface area contributed by atoms with Crippen LogP contribution in [0.1, 0.15) is 17.3 Å². The van der Waals surface area contributed by atoms with E-state index >= 15 is 0 Å². The highest BCUT2D eigenvalue weighted by Crippen LogP contribution is 2.24. The Labute approximate surface area is 80.3 Å². The molecule has 0 heterocycles. The van der Waals surface area contributed by atoms with Crippen molar-refractivity contribution in [3.05, 3.63) is 28.8 Å². The molecule has 0 bridgehead atoms. The number of carbonyl (C=O) groups is 2. The Hall–Kier alpha value is -1.35. The smallest absolute Gasteiger partial charge is 0.308 e. The van der Waals surface area contributed by atoms with Crippen LogP contribution in [0.5, 0.6) is 5.75 Å². The number of carbonyl (C=O) groups excluding carboxylic acids is 2. The number of hydrogen-bond donors (Lipinski definition) is 0. The molecule has 0 atom stereocenters. The molecule has 0 aliphatic rings. The molecule has 0 fully saturated rings. The highest BCUT2D eigenvalue weighted by atomic mass is 35.5. The van der Waals surface area contributed by atoms with E-state index in [9.17, 15) is 9.59 Å². The van der Waals surface area contributed by atoms with Crippen LogP contribution in [0.2, 0.25) is 5.02 Å². The van der Waals surface area contributed by atoms with Gasteiger partial charge in [-0.25, -0.2) is 0 Å². The van der Waals surface area contributed by atoms with Gasteiger partial charge in [0.25, 0.3) is 0 Å². The Morgan fingerprint density at radius 1 is 1.54 bits per heavy atom. The van der Waals surface area contributed by atoms with E-state index in [4.69, 9.17) is 16.3 Å². The van der Waals surface area contributed by atoms with Gasteiger partial charge in [-0.1, -0.05) is 11.6 Å². The summed E-state index contributed by atoms with van der Waals surface area (Å²) in [5.74, 6) is -0.180. The molecule has 0 spiro atoms. The highest BCUT2D eigenvalue weighted by molar-refractivity contribution is 6.32. The second-order valence-corrected chi connectivity index (χ2v) is 2.81. The standard InChI is InChI=1S/C9H7ClO3/c1-6(12)13-9-3-2-7(5-11)4-8(9)10/h2-5H,1H3. The molecule has 0 radical (unpaired) electrons. The summed E-state index contributed by atoms with van der Waals surface area (Å²) in [5, 5.41) is 0.250. The number of halogens is 1. The van der Waals surface area contributed by atoms with Crippen LogP contribution < -0.4 is 4.74 Å². The third-order valence-corrected chi connectivity index (χ3v) is 1.64. The maximum atomic E-state index is 10.6. The molecule has 3 nitrogen and oxygen atoms in total. The maximum absolute atomic E-state index is 10.6. The lowest BCUT2D eigenvalue weighted by Gasteiger charge is -2.03. The molecule has 1 aromatic carbocycles. The van der Waals surface area contributed by atoms with E-state index in [0.29, 0.717) is 11.8 Å². The third kappa shape index (κ3) is 2.56. The number of rotatable bonds is 2. The van der Waals surface area contributed by atoms with Gasteiger partial charge in [0.1, 0.15) is 12.0 Å². The molecule has 0 aliphatic carbocycles. The van der Waals surface area contributed by atoms with Crippen molar-refractivity contribution in [1.29, 1.82) is 0 Å². The van der Waals surface area contributed by atoms with Crippen molar-refractivity contribution in [2.75, 3.05) is 0 Å². The average Bonchev–Trinajstić information content (AvgIpc) is 2.08. The minimum atomic E-state index is -0.444. The molecule has 13 heavy (non-hydrogen) atoms. The van der Waals surface area contributed by atoms with Crippen LogP contribution in [0.25, 0.3) is 0 Å². The van der Waals surface area contributed by atoms with E-state index in [1.165, 1.54) is 25.1 Å². The van der Waals surface area contributed by atoms with Gasteiger partial charge < -0.3 is 4.74 Å². The fraction of sp³-hybridized carbons (Fsp3) is 0.111. The van der Waals surface area contributed by atoms with Crippen molar-refractivity contribution in [3.63, 3.8) is 0 Å². The molecule has 0 N–H and O–H groups in total. The summed E-state index contributed by atoms with van der Waals surface area (Å²) in [6.45, 7) is 1.28. The predicted molar refractivity (Wildman–Crippen MR) is 48.1 cm³/mol. The first-order valence-corrected chi connectivity index (χ1v) is 3.94. The summed E-state index contributed by atoms with van der Waals surface area (Å²) in [5.41, 5.74) is 0.445. The summed E-state index contributed by atoms with van der Waals surface area (Å²) in [6, 6.07) is 4.44. The Bertz CT molecular complexity index is 347. The van der Waals surface area contributed by atoms with E-state index in [-0.39, 0.29) is 10.8 Å². The van der Waals surface area contributed by atoms with E-state index < -0.39 is 5.97 Å². The molecule has 0 amide bonds. The van der Waals surface area contributed by atoms with Crippen LogP contribution in [0.4, 0.5) is 0 Å². The van der Waals surface area contributed by atoms with E-state index in [0.717, 1.165) is 0 Å². The lowest BCUT2D eigenvalue weighted by molar-refractivity contribution is -0.131. The van der Waals surface area contributed by atoms with Crippen molar-refractivity contribution in [2.24, 2.45) is 0 Å². The van der Waals surface area contributed by atoms with Crippen LogP contribution >= 0.6 is 11.6 Å². The zero-order valence-electron chi connectivity index (χ0n) is 6.91. The van der Waals surface area contributed by atoms with Crippen LogP contribution in [-0.4, -0.2) is 12.3 Å². The number of aldehydes is 1. The van der Waals surface area contributed by atoms with Crippen molar-refractivity contribution in [1.82, 2.24) is 0 Å². The second-order valence-electron chi connectivity index (χ2n) is 2.40. The van der Waals surface area contributed by atoms with Crippen LogP contribution in [-0.2, 0) is 4.79 Å². The molecule has 1 aromatic rings. The van der Waals surface area contributed by atoms with Crippen molar-refractivity contribution in [2.45, 2.75) is 6.92 Å². The molecule has 0 saturated heterocycles. The first-order valence-electron chi connectivity index (χ1n) is 3.56. The summed E-state index contributed by atoms with van der Waals surface area (Å²) in [6.07, 6.45) is 0.670. The van der Waals surface area contributed by atoms with Gasteiger partial charge in [-0.3, -0.25) is 9.59 Å². The quantitative estimate of drug-likeness (QED) is 0.415. The second kappa shape index (κ2) is 4.05. The van der Waals surface area contributed by atoms with Crippen molar-refractivity contribution < 1.29 is 14.3 Å². The van der Waals surface area contributed by atoms with Gasteiger partial charge in [0, 0.05) is 12.5 Å². The molecule has 0 unspecified atom stereocenters. The molecular weight excluding hydrogens is 192 g/mol. The van der Waals surface area contributed by atoms with Gasteiger partial charge in [-0.2, -0.15) is 0 Å². The van der Waals surface area contributed by atoms with E-state index in [1.807, 2.05) is 0 Å². The topological polar surface area (TPSA) is 43.4 Å². The minimum absolute atomic E-state index is 0.250. The Kier molecular flexibility index (Phi) is 3.03. The van der Waals surface area contributed by atoms with Gasteiger partial charge in [0.05, 0.1) is 5.02 Å². The van der Waals surface area contributed by atoms with E-state index in [2.05, 4.69) is 0 Å². The SMILES string of the molecule is CC(=O)Oc1ccc(C=O)cc1Cl. The first-order chi connectivity index (χ1) is 6.13. The van der Waals surface area contributed by atoms with Crippen molar-refractivity contribution >= 4 is 23.9 Å². The van der Waals surface area contributed by atoms with Gasteiger partial charge in [0.2, 0.25) is 0 Å². The molecule has 0 aliphatic heterocycles. The zero-order chi connectivity index (χ0) is 9.84. The summed E-state index contributed by atoms with van der Waals surface area (Å²) < 4.78 is 4.76. The highest BCUT2D eigenvalue weighted by Gasteiger charge is 2.04. The molecule has 0 aromatic heterocycles. The van der Waals surface area contributed by atoms with Gasteiger partial charge in [0.15, 0.2) is 0 Å². The van der Waals surface area contributed by atoms with Crippen LogP contribution in [0.3, 0.4) is 0 Å². The lowest BCUT2D eigenvalue weighted by Crippen LogP contribution is -2.01. The van der Waals surface area contributed by atoms with E-state index in [1.54, 1.807) is 0 Å². The lowest BCUT2D eigenvalue weighted by atomic mass is 10.2. The largest absolute Gasteiger partial charge is 0.425 e. The summed E-state index contributed by atoms with van der Waals surface area (Å²) >= 11 is 5.72.